The molecule has 0 aliphatic carbocycles. The van der Waals surface area contributed by atoms with Crippen molar-refractivity contribution in [3.8, 4) is 0 Å². The highest BCUT2D eigenvalue weighted by molar-refractivity contribution is 8.02. The van der Waals surface area contributed by atoms with Crippen molar-refractivity contribution in [2.45, 2.75) is 9.50 Å². The van der Waals surface area contributed by atoms with Gasteiger partial charge in [0.15, 0.2) is 4.34 Å². The second-order valence-corrected chi connectivity index (χ2v) is 10.3. The van der Waals surface area contributed by atoms with Crippen LogP contribution in [-0.2, 0) is 9.59 Å². The largest absolute Gasteiger partial charge is 0.325 e. The molecule has 3 rings (SSSR count). The fourth-order valence-electron chi connectivity index (χ4n) is 2.11. The van der Waals surface area contributed by atoms with E-state index in [0.29, 0.717) is 41.0 Å². The van der Waals surface area contributed by atoms with Gasteiger partial charge in [-0.1, -0.05) is 69.9 Å². The monoisotopic (exact) mass is 552 g/mol. The minimum atomic E-state index is -0.228. The van der Waals surface area contributed by atoms with Gasteiger partial charge in [0.1, 0.15) is 0 Å². The van der Waals surface area contributed by atoms with Crippen molar-refractivity contribution in [2.24, 2.45) is 0 Å². The number of hydrogen-bond acceptors (Lipinski definition) is 7. The summed E-state index contributed by atoms with van der Waals surface area (Å²) in [7, 11) is 0. The molecule has 2 N–H and O–H groups in total. The third kappa shape index (κ3) is 7.71. The van der Waals surface area contributed by atoms with E-state index in [0.717, 1.165) is 11.5 Å². The van der Waals surface area contributed by atoms with E-state index in [1.807, 2.05) is 0 Å². The average Bonchev–Trinajstić information content (AvgIpc) is 3.18. The summed E-state index contributed by atoms with van der Waals surface area (Å²) in [6.07, 6.45) is 0. The van der Waals surface area contributed by atoms with Crippen LogP contribution in [0, 0.1) is 0 Å². The number of rotatable bonds is 8. The predicted octanol–water partition coefficient (Wildman–Crippen LogP) is 6.61. The van der Waals surface area contributed by atoms with Gasteiger partial charge >= 0.3 is 0 Å². The van der Waals surface area contributed by atoms with Crippen LogP contribution < -0.4 is 10.6 Å². The Morgan fingerprint density at radius 3 is 1.84 bits per heavy atom. The highest BCUT2D eigenvalue weighted by Crippen LogP contribution is 2.28. The van der Waals surface area contributed by atoms with E-state index in [1.54, 1.807) is 36.4 Å². The molecule has 0 radical (unpaired) electrons. The van der Waals surface area contributed by atoms with Crippen LogP contribution in [0.3, 0.4) is 0 Å². The lowest BCUT2D eigenvalue weighted by atomic mass is 10.3. The normalized spacial score (nSPS) is 10.7. The first-order valence-corrected chi connectivity index (χ1v) is 12.6. The zero-order valence-corrected chi connectivity index (χ0v) is 20.8. The lowest BCUT2D eigenvalue weighted by Gasteiger charge is -2.05. The van der Waals surface area contributed by atoms with E-state index in [1.165, 1.54) is 23.5 Å². The molecule has 0 unspecified atom stereocenters. The summed E-state index contributed by atoms with van der Waals surface area (Å²) in [6, 6.07) is 9.70. The van der Waals surface area contributed by atoms with Crippen molar-refractivity contribution in [2.75, 3.05) is 22.1 Å². The number of carbonyl (C=O) groups excluding carboxylic acids is 2. The van der Waals surface area contributed by atoms with Crippen LogP contribution in [0.5, 0.6) is 0 Å². The van der Waals surface area contributed by atoms with Gasteiger partial charge in [0, 0.05) is 11.4 Å². The number of carbonyl (C=O) groups is 2. The molecule has 3 aromatic rings. The summed E-state index contributed by atoms with van der Waals surface area (Å²) in [4.78, 5) is 28.5. The fourth-order valence-corrected chi connectivity index (χ4v) is 4.94. The summed E-state index contributed by atoms with van der Waals surface area (Å²) < 4.78 is 4.82. The van der Waals surface area contributed by atoms with Crippen molar-refractivity contribution in [3.63, 3.8) is 0 Å². The lowest BCUT2D eigenvalue weighted by molar-refractivity contribution is -0.114. The number of halogens is 4. The Balaban J connectivity index is 1.43. The number of aromatic nitrogens is 2. The van der Waals surface area contributed by atoms with Crippen LogP contribution in [0.15, 0.2) is 45.9 Å². The molecular formula is C18H12Cl4N4O2S3. The van der Waals surface area contributed by atoms with Gasteiger partial charge in [-0.05, 0) is 47.9 Å². The molecule has 2 aromatic carbocycles. The number of benzene rings is 2. The minimum absolute atomic E-state index is 0.124. The van der Waals surface area contributed by atoms with Gasteiger partial charge in [-0.15, -0.1) is 0 Å². The number of nitrogens with zero attached hydrogens (tertiary/aromatic N) is 2. The van der Waals surface area contributed by atoms with Gasteiger partial charge in [0.05, 0.1) is 31.6 Å². The number of nitrogens with one attached hydrogen (secondary N) is 2. The second kappa shape index (κ2) is 11.6. The third-order valence-corrected chi connectivity index (χ3v) is 7.73. The zero-order chi connectivity index (χ0) is 22.4. The van der Waals surface area contributed by atoms with Crippen molar-refractivity contribution < 1.29 is 9.59 Å². The van der Waals surface area contributed by atoms with Crippen LogP contribution in [0.1, 0.15) is 0 Å². The van der Waals surface area contributed by atoms with Crippen LogP contribution >= 0.6 is 81.5 Å². The topological polar surface area (TPSA) is 84.0 Å². The highest BCUT2D eigenvalue weighted by atomic mass is 35.5. The van der Waals surface area contributed by atoms with Gasteiger partial charge in [-0.25, -0.2) is 4.98 Å². The molecule has 1 heterocycles. The van der Waals surface area contributed by atoms with E-state index in [9.17, 15) is 9.59 Å². The van der Waals surface area contributed by atoms with Crippen LogP contribution in [-0.4, -0.2) is 32.7 Å². The number of amides is 2. The minimum Gasteiger partial charge on any atom is -0.325 e. The van der Waals surface area contributed by atoms with Crippen LogP contribution in [0.2, 0.25) is 20.1 Å². The predicted molar refractivity (Wildman–Crippen MR) is 132 cm³/mol. The van der Waals surface area contributed by atoms with E-state index in [4.69, 9.17) is 46.4 Å². The van der Waals surface area contributed by atoms with Crippen LogP contribution in [0.4, 0.5) is 11.4 Å². The van der Waals surface area contributed by atoms with Gasteiger partial charge in [-0.3, -0.25) is 9.59 Å². The number of thioether (sulfide) groups is 2. The summed E-state index contributed by atoms with van der Waals surface area (Å²) >= 11 is 27.2. The molecular weight excluding hydrogens is 542 g/mol. The highest BCUT2D eigenvalue weighted by Gasteiger charge is 2.12. The molecule has 0 aliphatic heterocycles. The Labute approximate surface area is 210 Å². The molecule has 0 saturated carbocycles. The number of hydrogen-bond donors (Lipinski definition) is 2. The molecule has 6 nitrogen and oxygen atoms in total. The molecule has 0 bridgehead atoms. The standard InChI is InChI=1S/C18H12Cl4N4O2S3/c19-11-3-1-9(5-13(11)21)23-15(27)7-29-17-25-18(31-26-17)30-8-16(28)24-10-2-4-12(20)14(22)6-10/h1-6H,7-8H2,(H,23,27)(H,24,28). The van der Waals surface area contributed by atoms with Gasteiger partial charge in [0.25, 0.3) is 0 Å². The van der Waals surface area contributed by atoms with Crippen molar-refractivity contribution in [3.05, 3.63) is 56.5 Å². The maximum Gasteiger partial charge on any atom is 0.234 e. The molecule has 13 heteroatoms. The Morgan fingerprint density at radius 2 is 1.32 bits per heavy atom. The number of anilines is 2. The Kier molecular flexibility index (Phi) is 9.15. The fraction of sp³-hybridized carbons (Fsp3) is 0.111. The molecule has 0 spiro atoms. The van der Waals surface area contributed by atoms with Gasteiger partial charge in [-0.2, -0.15) is 4.37 Å². The third-order valence-electron chi connectivity index (χ3n) is 3.45. The van der Waals surface area contributed by atoms with Crippen LogP contribution in [0.25, 0.3) is 0 Å². The van der Waals surface area contributed by atoms with E-state index < -0.39 is 0 Å². The molecule has 2 amide bonds. The Morgan fingerprint density at radius 1 is 0.806 bits per heavy atom. The molecule has 0 aliphatic rings. The van der Waals surface area contributed by atoms with Crippen molar-refractivity contribution in [1.29, 1.82) is 0 Å². The SMILES string of the molecule is O=C(CSc1nsc(SCC(=O)Nc2ccc(Cl)c(Cl)c2)n1)Nc1ccc(Cl)c(Cl)c1. The van der Waals surface area contributed by atoms with E-state index in [-0.39, 0.29) is 23.3 Å². The maximum absolute atomic E-state index is 12.1. The first-order valence-electron chi connectivity index (χ1n) is 8.39. The van der Waals surface area contributed by atoms with Crippen molar-refractivity contribution in [1.82, 2.24) is 9.36 Å². The smallest absolute Gasteiger partial charge is 0.234 e. The summed E-state index contributed by atoms with van der Waals surface area (Å²) in [5.41, 5.74) is 1.11. The molecule has 31 heavy (non-hydrogen) atoms. The molecule has 1 aromatic heterocycles. The summed E-state index contributed by atoms with van der Waals surface area (Å²) in [6.45, 7) is 0. The van der Waals surface area contributed by atoms with Gasteiger partial charge < -0.3 is 10.6 Å². The Bertz CT molecular complexity index is 1030. The molecule has 0 fully saturated rings. The quantitative estimate of drug-likeness (QED) is 0.305. The maximum atomic E-state index is 12.1. The zero-order valence-electron chi connectivity index (χ0n) is 15.3. The molecule has 0 atom stereocenters. The van der Waals surface area contributed by atoms with Gasteiger partial charge in [0.2, 0.25) is 17.0 Å². The molecule has 162 valence electrons. The Hall–Kier alpha value is -1.20. The van der Waals surface area contributed by atoms with Crippen molar-refractivity contribution >= 4 is 105 Å². The summed E-state index contributed by atoms with van der Waals surface area (Å²) in [5.74, 6) is -0.168. The first-order chi connectivity index (χ1) is 14.8. The molecule has 0 saturated heterocycles. The van der Waals surface area contributed by atoms with E-state index in [2.05, 4.69) is 20.0 Å². The van der Waals surface area contributed by atoms with E-state index >= 15 is 0 Å². The lowest BCUT2D eigenvalue weighted by Crippen LogP contribution is -2.14. The first kappa shape index (κ1) is 24.4. The average molecular weight is 554 g/mol. The second-order valence-electron chi connectivity index (χ2n) is 5.77. The summed E-state index contributed by atoms with van der Waals surface area (Å²) in [5, 5.41) is 7.47.